The molecule has 1 nitrogen and oxygen atoms in total. The molecule has 1 heteroatoms. The lowest BCUT2D eigenvalue weighted by Crippen LogP contribution is -1.95. The SMILES string of the molecule is CCCC/C=C/c1ccc(COc2ccc(CCC)cc2)cc1. The molecule has 0 saturated heterocycles. The van der Waals surface area contributed by atoms with E-state index in [1.165, 1.54) is 36.0 Å². The van der Waals surface area contributed by atoms with Crippen molar-refractivity contribution in [3.8, 4) is 5.75 Å². The Morgan fingerprint density at radius 2 is 1.52 bits per heavy atom. The van der Waals surface area contributed by atoms with Crippen molar-refractivity contribution in [1.29, 1.82) is 0 Å². The maximum Gasteiger partial charge on any atom is 0.119 e. The van der Waals surface area contributed by atoms with Crippen molar-refractivity contribution in [1.82, 2.24) is 0 Å². The third-order valence-electron chi connectivity index (χ3n) is 3.88. The summed E-state index contributed by atoms with van der Waals surface area (Å²) in [6, 6.07) is 17.0. The molecule has 0 fully saturated rings. The smallest absolute Gasteiger partial charge is 0.119 e. The first-order valence-electron chi connectivity index (χ1n) is 8.79. The quantitative estimate of drug-likeness (QED) is 0.485. The Hall–Kier alpha value is -2.02. The highest BCUT2D eigenvalue weighted by atomic mass is 16.5. The van der Waals surface area contributed by atoms with E-state index in [1.54, 1.807) is 0 Å². The maximum atomic E-state index is 5.86. The molecule has 0 N–H and O–H groups in total. The first kappa shape index (κ1) is 17.3. The molecule has 0 atom stereocenters. The summed E-state index contributed by atoms with van der Waals surface area (Å²) in [4.78, 5) is 0. The largest absolute Gasteiger partial charge is 0.489 e. The summed E-state index contributed by atoms with van der Waals surface area (Å²) in [5, 5.41) is 0. The van der Waals surface area contributed by atoms with Gasteiger partial charge in [0.25, 0.3) is 0 Å². The number of hydrogen-bond acceptors (Lipinski definition) is 1. The first-order chi connectivity index (χ1) is 11.3. The molecule has 0 aromatic heterocycles. The van der Waals surface area contributed by atoms with Gasteiger partial charge in [-0.15, -0.1) is 0 Å². The zero-order chi connectivity index (χ0) is 16.3. The Morgan fingerprint density at radius 1 is 0.826 bits per heavy atom. The summed E-state index contributed by atoms with van der Waals surface area (Å²) in [5.74, 6) is 0.938. The van der Waals surface area contributed by atoms with Gasteiger partial charge in [0.2, 0.25) is 0 Å². The van der Waals surface area contributed by atoms with Crippen molar-refractivity contribution in [3.63, 3.8) is 0 Å². The molecule has 0 saturated carbocycles. The molecular weight excluding hydrogens is 280 g/mol. The first-order valence-corrected chi connectivity index (χ1v) is 8.79. The molecule has 0 radical (unpaired) electrons. The number of rotatable bonds is 9. The Labute approximate surface area is 141 Å². The van der Waals surface area contributed by atoms with Gasteiger partial charge < -0.3 is 4.74 Å². The van der Waals surface area contributed by atoms with Gasteiger partial charge in [-0.05, 0) is 41.7 Å². The number of allylic oxidation sites excluding steroid dienone is 1. The van der Waals surface area contributed by atoms with E-state index in [9.17, 15) is 0 Å². The van der Waals surface area contributed by atoms with Gasteiger partial charge in [-0.1, -0.05) is 81.7 Å². The van der Waals surface area contributed by atoms with Crippen LogP contribution in [0.4, 0.5) is 0 Å². The van der Waals surface area contributed by atoms with E-state index in [0.29, 0.717) is 6.61 Å². The number of unbranched alkanes of at least 4 members (excludes halogenated alkanes) is 2. The van der Waals surface area contributed by atoms with Crippen molar-refractivity contribution in [2.24, 2.45) is 0 Å². The Balaban J connectivity index is 1.82. The lowest BCUT2D eigenvalue weighted by atomic mass is 10.1. The molecule has 0 aliphatic rings. The Kier molecular flexibility index (Phi) is 7.45. The van der Waals surface area contributed by atoms with Crippen LogP contribution in [0, 0.1) is 0 Å². The van der Waals surface area contributed by atoms with E-state index in [4.69, 9.17) is 4.74 Å². The van der Waals surface area contributed by atoms with Crippen LogP contribution in [0.2, 0.25) is 0 Å². The predicted octanol–water partition coefficient (Wildman–Crippen LogP) is 6.42. The Morgan fingerprint density at radius 3 is 2.17 bits per heavy atom. The van der Waals surface area contributed by atoms with Gasteiger partial charge in [0.05, 0.1) is 0 Å². The standard InChI is InChI=1S/C22H28O/c1-3-5-6-7-9-20-10-12-21(13-11-20)18-23-22-16-14-19(8-4-2)15-17-22/h7,9-17H,3-6,8,18H2,1-2H3/b9-7+. The minimum atomic E-state index is 0.618. The van der Waals surface area contributed by atoms with Gasteiger partial charge in [0, 0.05) is 0 Å². The van der Waals surface area contributed by atoms with Crippen LogP contribution in [0.15, 0.2) is 54.6 Å². The summed E-state index contributed by atoms with van der Waals surface area (Å²) >= 11 is 0. The van der Waals surface area contributed by atoms with Crippen molar-refractivity contribution in [2.45, 2.75) is 52.6 Å². The van der Waals surface area contributed by atoms with Gasteiger partial charge in [0.15, 0.2) is 0 Å². The van der Waals surface area contributed by atoms with Gasteiger partial charge >= 0.3 is 0 Å². The second kappa shape index (κ2) is 9.89. The van der Waals surface area contributed by atoms with Crippen LogP contribution in [0.5, 0.6) is 5.75 Å². The lowest BCUT2D eigenvalue weighted by molar-refractivity contribution is 0.306. The third kappa shape index (κ3) is 6.32. The van der Waals surface area contributed by atoms with Crippen molar-refractivity contribution < 1.29 is 4.74 Å². The van der Waals surface area contributed by atoms with Crippen LogP contribution < -0.4 is 4.74 Å². The molecule has 122 valence electrons. The fourth-order valence-electron chi connectivity index (χ4n) is 2.47. The lowest BCUT2D eigenvalue weighted by Gasteiger charge is -2.07. The number of hydrogen-bond donors (Lipinski definition) is 0. The third-order valence-corrected chi connectivity index (χ3v) is 3.88. The van der Waals surface area contributed by atoms with Crippen LogP contribution >= 0.6 is 0 Å². The molecular formula is C22H28O. The second-order valence-corrected chi connectivity index (χ2v) is 5.97. The summed E-state index contributed by atoms with van der Waals surface area (Å²) in [6.07, 6.45) is 10.4. The van der Waals surface area contributed by atoms with Crippen molar-refractivity contribution in [3.05, 3.63) is 71.3 Å². The second-order valence-electron chi connectivity index (χ2n) is 5.97. The average Bonchev–Trinajstić information content (AvgIpc) is 2.59. The van der Waals surface area contributed by atoms with Crippen LogP contribution in [-0.4, -0.2) is 0 Å². The molecule has 2 aromatic rings. The minimum absolute atomic E-state index is 0.618. The molecule has 0 aliphatic carbocycles. The number of benzene rings is 2. The molecule has 2 rings (SSSR count). The highest BCUT2D eigenvalue weighted by Gasteiger charge is 1.97. The summed E-state index contributed by atoms with van der Waals surface area (Å²) in [5.41, 5.74) is 3.83. The zero-order valence-corrected chi connectivity index (χ0v) is 14.4. The van der Waals surface area contributed by atoms with E-state index >= 15 is 0 Å². The van der Waals surface area contributed by atoms with Gasteiger partial charge in [-0.25, -0.2) is 0 Å². The molecule has 0 spiro atoms. The fourth-order valence-corrected chi connectivity index (χ4v) is 2.47. The Bertz CT molecular complexity index is 578. The minimum Gasteiger partial charge on any atom is -0.489 e. The molecule has 0 unspecified atom stereocenters. The highest BCUT2D eigenvalue weighted by Crippen LogP contribution is 2.16. The van der Waals surface area contributed by atoms with E-state index in [1.807, 2.05) is 0 Å². The topological polar surface area (TPSA) is 9.23 Å². The molecule has 2 aromatic carbocycles. The van der Waals surface area contributed by atoms with E-state index < -0.39 is 0 Å². The molecule has 0 bridgehead atoms. The van der Waals surface area contributed by atoms with E-state index in [2.05, 4.69) is 74.5 Å². The normalized spacial score (nSPS) is 11.0. The van der Waals surface area contributed by atoms with Gasteiger partial charge in [-0.3, -0.25) is 0 Å². The zero-order valence-electron chi connectivity index (χ0n) is 14.4. The summed E-state index contributed by atoms with van der Waals surface area (Å²) in [6.45, 7) is 5.04. The monoisotopic (exact) mass is 308 g/mol. The summed E-state index contributed by atoms with van der Waals surface area (Å²) in [7, 11) is 0. The average molecular weight is 308 g/mol. The van der Waals surface area contributed by atoms with E-state index in [0.717, 1.165) is 18.6 Å². The molecule has 0 heterocycles. The predicted molar refractivity (Wildman–Crippen MR) is 99.8 cm³/mol. The van der Waals surface area contributed by atoms with Crippen LogP contribution in [0.3, 0.4) is 0 Å². The van der Waals surface area contributed by atoms with Gasteiger partial charge in [0.1, 0.15) is 12.4 Å². The van der Waals surface area contributed by atoms with Crippen LogP contribution in [0.25, 0.3) is 6.08 Å². The van der Waals surface area contributed by atoms with Gasteiger partial charge in [-0.2, -0.15) is 0 Å². The molecule has 0 amide bonds. The fraction of sp³-hybridized carbons (Fsp3) is 0.364. The van der Waals surface area contributed by atoms with E-state index in [-0.39, 0.29) is 0 Å². The van der Waals surface area contributed by atoms with Crippen molar-refractivity contribution in [2.75, 3.05) is 0 Å². The van der Waals surface area contributed by atoms with Crippen molar-refractivity contribution >= 4 is 6.08 Å². The number of ether oxygens (including phenoxy) is 1. The molecule has 23 heavy (non-hydrogen) atoms. The molecule has 0 aliphatic heterocycles. The highest BCUT2D eigenvalue weighted by molar-refractivity contribution is 5.49. The summed E-state index contributed by atoms with van der Waals surface area (Å²) < 4.78 is 5.86. The number of aryl methyl sites for hydroxylation is 1. The maximum absolute atomic E-state index is 5.86. The van der Waals surface area contributed by atoms with Crippen LogP contribution in [0.1, 0.15) is 56.2 Å². The van der Waals surface area contributed by atoms with Crippen LogP contribution in [-0.2, 0) is 13.0 Å².